The Bertz CT molecular complexity index is 1420. The second kappa shape index (κ2) is 22.1. The Morgan fingerprint density at radius 2 is 1.24 bits per heavy atom. The zero-order valence-corrected chi connectivity index (χ0v) is 28.7. The molecule has 0 aliphatic heterocycles. The van der Waals surface area contributed by atoms with E-state index in [1.165, 1.54) is 56.7 Å². The number of aliphatic hydroxyl groups is 2. The fourth-order valence-corrected chi connectivity index (χ4v) is 5.36. The molecule has 0 aliphatic carbocycles. The van der Waals surface area contributed by atoms with Gasteiger partial charge in [-0.15, -0.1) is 0 Å². The van der Waals surface area contributed by atoms with Crippen LogP contribution in [0.5, 0.6) is 5.75 Å². The lowest BCUT2D eigenvalue weighted by molar-refractivity contribution is -0.133. The fourth-order valence-electron chi connectivity index (χ4n) is 5.36. The number of rotatable bonds is 24. The minimum atomic E-state index is -1.20. The van der Waals surface area contributed by atoms with Gasteiger partial charge in [0, 0.05) is 56.0 Å². The maximum Gasteiger partial charge on any atom is 0.243 e. The number of imidazole rings is 2. The van der Waals surface area contributed by atoms with Gasteiger partial charge in [-0.1, -0.05) is 64.0 Å². The molecule has 1 unspecified atom stereocenters. The van der Waals surface area contributed by atoms with Crippen LogP contribution in [0.1, 0.15) is 81.7 Å². The second-order valence-electron chi connectivity index (χ2n) is 12.5. The van der Waals surface area contributed by atoms with Crippen molar-refractivity contribution < 1.29 is 34.5 Å². The summed E-state index contributed by atoms with van der Waals surface area (Å²) in [7, 11) is 0. The van der Waals surface area contributed by atoms with Gasteiger partial charge in [0.2, 0.25) is 23.6 Å². The summed E-state index contributed by atoms with van der Waals surface area (Å²) in [6.07, 6.45) is 13.8. The van der Waals surface area contributed by atoms with Crippen LogP contribution >= 0.6 is 0 Å². The molecule has 4 amide bonds. The number of aromatic hydroxyl groups is 1. The van der Waals surface area contributed by atoms with Crippen LogP contribution in [0.3, 0.4) is 0 Å². The van der Waals surface area contributed by atoms with Gasteiger partial charge in [0.15, 0.2) is 0 Å². The Balaban J connectivity index is 1.72. The smallest absolute Gasteiger partial charge is 0.243 e. The highest BCUT2D eigenvalue weighted by Crippen LogP contribution is 2.13. The van der Waals surface area contributed by atoms with Crippen molar-refractivity contribution in [3.05, 3.63) is 66.3 Å². The Labute approximate surface area is 292 Å². The summed E-state index contributed by atoms with van der Waals surface area (Å²) >= 11 is 0. The topological polar surface area (TPSA) is 234 Å². The van der Waals surface area contributed by atoms with E-state index < -0.39 is 48.6 Å². The van der Waals surface area contributed by atoms with Gasteiger partial charge in [-0.2, -0.15) is 0 Å². The quantitative estimate of drug-likeness (QED) is 0.0614. The predicted octanol–water partition coefficient (Wildman–Crippen LogP) is 1.32. The largest absolute Gasteiger partial charge is 0.508 e. The van der Waals surface area contributed by atoms with E-state index in [2.05, 4.69) is 48.1 Å². The number of phenols is 1. The minimum absolute atomic E-state index is 0.00265. The normalized spacial score (nSPS) is 13.5. The van der Waals surface area contributed by atoms with Gasteiger partial charge in [0.25, 0.3) is 0 Å². The monoisotopic (exact) mass is 696 g/mol. The van der Waals surface area contributed by atoms with Crippen LogP contribution < -0.4 is 21.3 Å². The van der Waals surface area contributed by atoms with E-state index in [0.717, 1.165) is 19.3 Å². The van der Waals surface area contributed by atoms with Crippen molar-refractivity contribution in [2.75, 3.05) is 13.2 Å². The van der Waals surface area contributed by atoms with E-state index in [-0.39, 0.29) is 43.9 Å². The lowest BCUT2D eigenvalue weighted by Gasteiger charge is -2.25. The molecule has 2 heterocycles. The van der Waals surface area contributed by atoms with Crippen molar-refractivity contribution in [1.82, 2.24) is 41.2 Å². The lowest BCUT2D eigenvalue weighted by Crippen LogP contribution is -2.58. The Morgan fingerprint density at radius 1 is 0.720 bits per heavy atom. The van der Waals surface area contributed by atoms with Gasteiger partial charge < -0.3 is 46.6 Å². The highest BCUT2D eigenvalue weighted by molar-refractivity contribution is 5.94. The SMILES string of the molecule is CCCCCCCCCCC(=O)N[C@@H](Cc1cnc[nH]1)C(=O)N[C@@H](Cc1cnc[nH]1)C(=O)N[C@@H](Cc1ccc(O)cc1)C(=O)NCC(O)CO. The number of carbonyl (C=O) groups is 4. The van der Waals surface area contributed by atoms with E-state index in [1.54, 1.807) is 18.3 Å². The number of amides is 4. The average Bonchev–Trinajstić information content (AvgIpc) is 3.83. The first-order valence-electron chi connectivity index (χ1n) is 17.4. The molecule has 0 aliphatic rings. The molecular weight excluding hydrogens is 644 g/mol. The van der Waals surface area contributed by atoms with E-state index in [9.17, 15) is 34.5 Å². The van der Waals surface area contributed by atoms with Crippen molar-refractivity contribution in [3.63, 3.8) is 0 Å². The predicted molar refractivity (Wildman–Crippen MR) is 186 cm³/mol. The number of nitrogens with zero attached hydrogens (tertiary/aromatic N) is 2. The van der Waals surface area contributed by atoms with Crippen molar-refractivity contribution in [2.45, 2.75) is 108 Å². The summed E-state index contributed by atoms with van der Waals surface area (Å²) in [5.74, 6) is -2.16. The van der Waals surface area contributed by atoms with Gasteiger partial charge in [0.05, 0.1) is 25.4 Å². The van der Waals surface area contributed by atoms with Crippen LogP contribution in [0.15, 0.2) is 49.3 Å². The molecule has 0 bridgehead atoms. The molecule has 2 aromatic heterocycles. The molecule has 0 saturated carbocycles. The van der Waals surface area contributed by atoms with Crippen LogP contribution in [-0.2, 0) is 38.4 Å². The maximum atomic E-state index is 13.8. The van der Waals surface area contributed by atoms with E-state index in [4.69, 9.17) is 0 Å². The molecule has 274 valence electrons. The van der Waals surface area contributed by atoms with Crippen molar-refractivity contribution in [2.24, 2.45) is 0 Å². The van der Waals surface area contributed by atoms with E-state index in [1.807, 2.05) is 0 Å². The molecule has 3 rings (SSSR count). The standard InChI is InChI=1S/C35H52N8O7/c1-2-3-4-5-6-7-8-9-10-32(47)41-30(16-25-18-36-22-39-25)34(49)43-31(17-26-19-37-23-40-26)35(50)42-29(33(48)38-20-28(46)21-44)15-24-11-13-27(45)14-12-24/h11-14,18-19,22-23,28-31,44-46H,2-10,15-17,20-21H2,1H3,(H,36,39)(H,37,40)(H,38,48)(H,41,47)(H,42,50)(H,43,49)/t28?,29-,30-,31-/m0/s1. The molecule has 1 aromatic carbocycles. The zero-order valence-electron chi connectivity index (χ0n) is 28.7. The third-order valence-electron chi connectivity index (χ3n) is 8.23. The van der Waals surface area contributed by atoms with E-state index >= 15 is 0 Å². The molecule has 0 radical (unpaired) electrons. The molecule has 4 atom stereocenters. The number of hydrogen-bond acceptors (Lipinski definition) is 9. The molecule has 15 nitrogen and oxygen atoms in total. The summed E-state index contributed by atoms with van der Waals surface area (Å²) in [4.78, 5) is 67.7. The first kappa shape index (κ1) is 39.7. The number of aromatic nitrogens is 4. The number of aromatic amines is 2. The number of benzene rings is 1. The van der Waals surface area contributed by atoms with Crippen LogP contribution in [0, 0.1) is 0 Å². The number of H-pyrrole nitrogens is 2. The molecule has 0 spiro atoms. The molecule has 9 N–H and O–H groups in total. The van der Waals surface area contributed by atoms with Gasteiger partial charge in [-0.25, -0.2) is 9.97 Å². The first-order valence-corrected chi connectivity index (χ1v) is 17.4. The molecular formula is C35H52N8O7. The van der Waals surface area contributed by atoms with Crippen LogP contribution in [0.25, 0.3) is 0 Å². The number of nitrogens with one attached hydrogen (secondary N) is 6. The van der Waals surface area contributed by atoms with Crippen LogP contribution in [-0.4, -0.2) is 96.3 Å². The maximum absolute atomic E-state index is 13.8. The summed E-state index contributed by atoms with van der Waals surface area (Å²) in [5, 5.41) is 39.5. The van der Waals surface area contributed by atoms with Crippen LogP contribution in [0.2, 0.25) is 0 Å². The lowest BCUT2D eigenvalue weighted by atomic mass is 10.0. The molecule has 0 saturated heterocycles. The number of carbonyl (C=O) groups excluding carboxylic acids is 4. The van der Waals surface area contributed by atoms with Gasteiger partial charge in [-0.3, -0.25) is 19.2 Å². The highest BCUT2D eigenvalue weighted by Gasteiger charge is 2.31. The molecule has 15 heteroatoms. The Morgan fingerprint density at radius 3 is 1.76 bits per heavy atom. The fraction of sp³-hybridized carbons (Fsp3) is 0.543. The number of hydrogen-bond donors (Lipinski definition) is 9. The summed E-state index contributed by atoms with van der Waals surface area (Å²) in [5.41, 5.74) is 1.78. The van der Waals surface area contributed by atoms with Gasteiger partial charge in [-0.05, 0) is 24.1 Å². The molecule has 3 aromatic rings. The van der Waals surface area contributed by atoms with Crippen molar-refractivity contribution >= 4 is 23.6 Å². The number of unbranched alkanes of at least 4 members (excludes halogenated alkanes) is 7. The number of phenolic OH excluding ortho intramolecular Hbond substituents is 1. The summed E-state index contributed by atoms with van der Waals surface area (Å²) in [6, 6.07) is 2.75. The third-order valence-corrected chi connectivity index (χ3v) is 8.23. The third kappa shape index (κ3) is 14.8. The molecule has 50 heavy (non-hydrogen) atoms. The number of aliphatic hydroxyl groups excluding tert-OH is 2. The summed E-state index contributed by atoms with van der Waals surface area (Å²) in [6.45, 7) is 1.36. The van der Waals surface area contributed by atoms with E-state index in [0.29, 0.717) is 23.4 Å². The summed E-state index contributed by atoms with van der Waals surface area (Å²) < 4.78 is 0. The second-order valence-corrected chi connectivity index (χ2v) is 12.5. The molecule has 0 fully saturated rings. The minimum Gasteiger partial charge on any atom is -0.508 e. The van der Waals surface area contributed by atoms with Crippen molar-refractivity contribution in [1.29, 1.82) is 0 Å². The zero-order chi connectivity index (χ0) is 36.1. The van der Waals surface area contributed by atoms with Gasteiger partial charge >= 0.3 is 0 Å². The highest BCUT2D eigenvalue weighted by atomic mass is 16.3. The van der Waals surface area contributed by atoms with Crippen molar-refractivity contribution in [3.8, 4) is 5.75 Å². The Hall–Kier alpha value is -4.76. The Kier molecular flexibility index (Phi) is 17.5. The average molecular weight is 697 g/mol. The first-order chi connectivity index (χ1) is 24.2. The van der Waals surface area contributed by atoms with Gasteiger partial charge in [0.1, 0.15) is 23.9 Å². The van der Waals surface area contributed by atoms with Crippen LogP contribution in [0.4, 0.5) is 0 Å².